The van der Waals surface area contributed by atoms with E-state index < -0.39 is 0 Å². The first kappa shape index (κ1) is 13.2. The number of rotatable bonds is 6. The molecule has 1 aliphatic carbocycles. The summed E-state index contributed by atoms with van der Waals surface area (Å²) in [5, 5.41) is 0. The molecule has 0 aliphatic heterocycles. The Balaban J connectivity index is 1.88. The highest BCUT2D eigenvalue weighted by Crippen LogP contribution is 2.25. The molecule has 1 fully saturated rings. The van der Waals surface area contributed by atoms with E-state index in [0.717, 1.165) is 25.3 Å². The van der Waals surface area contributed by atoms with Crippen LogP contribution in [0.1, 0.15) is 32.1 Å². The van der Waals surface area contributed by atoms with Gasteiger partial charge in [-0.05, 0) is 62.9 Å². The largest absolute Gasteiger partial charge is 0.490 e. The summed E-state index contributed by atoms with van der Waals surface area (Å²) in [4.78, 5) is 2.23. The van der Waals surface area contributed by atoms with Crippen molar-refractivity contribution in [2.24, 2.45) is 5.73 Å². The topological polar surface area (TPSA) is 38.5 Å². The van der Waals surface area contributed by atoms with E-state index in [2.05, 4.69) is 36.2 Å². The van der Waals surface area contributed by atoms with E-state index in [0.29, 0.717) is 6.10 Å². The summed E-state index contributed by atoms with van der Waals surface area (Å²) in [5.74, 6) is 0.998. The van der Waals surface area contributed by atoms with E-state index in [9.17, 15) is 0 Å². The molecule has 2 N–H and O–H groups in total. The predicted octanol–water partition coefficient (Wildman–Crippen LogP) is 2.79. The van der Waals surface area contributed by atoms with Crippen LogP contribution < -0.4 is 15.4 Å². The lowest BCUT2D eigenvalue weighted by Crippen LogP contribution is -2.20. The van der Waals surface area contributed by atoms with E-state index in [1.165, 1.54) is 31.4 Å². The van der Waals surface area contributed by atoms with Gasteiger partial charge in [-0.1, -0.05) is 0 Å². The van der Waals surface area contributed by atoms with Gasteiger partial charge >= 0.3 is 0 Å². The van der Waals surface area contributed by atoms with Crippen LogP contribution in [0.15, 0.2) is 24.3 Å². The zero-order valence-corrected chi connectivity index (χ0v) is 11.3. The number of hydrogen-bond acceptors (Lipinski definition) is 3. The molecule has 0 bridgehead atoms. The molecule has 1 aliphatic rings. The summed E-state index contributed by atoms with van der Waals surface area (Å²) >= 11 is 0. The molecule has 1 saturated carbocycles. The molecular weight excluding hydrogens is 224 g/mol. The molecule has 18 heavy (non-hydrogen) atoms. The van der Waals surface area contributed by atoms with Crippen LogP contribution in [0.2, 0.25) is 0 Å². The summed E-state index contributed by atoms with van der Waals surface area (Å²) in [6.07, 6.45) is 6.49. The SMILES string of the molecule is CN(CCCN)c1ccc(OC2CCCC2)cc1. The third-order valence-corrected chi connectivity index (χ3v) is 3.58. The van der Waals surface area contributed by atoms with Gasteiger partial charge in [-0.15, -0.1) is 0 Å². The zero-order valence-electron chi connectivity index (χ0n) is 11.3. The van der Waals surface area contributed by atoms with Gasteiger partial charge in [0.2, 0.25) is 0 Å². The smallest absolute Gasteiger partial charge is 0.119 e. The van der Waals surface area contributed by atoms with Crippen LogP contribution in [0.25, 0.3) is 0 Å². The molecule has 2 rings (SSSR count). The Hall–Kier alpha value is -1.22. The lowest BCUT2D eigenvalue weighted by molar-refractivity contribution is 0.210. The van der Waals surface area contributed by atoms with Crippen LogP contribution in [0.4, 0.5) is 5.69 Å². The molecule has 0 unspecified atom stereocenters. The molecule has 0 amide bonds. The summed E-state index contributed by atoms with van der Waals surface area (Å²) < 4.78 is 5.95. The van der Waals surface area contributed by atoms with Crippen molar-refractivity contribution in [3.8, 4) is 5.75 Å². The molecule has 0 atom stereocenters. The second kappa shape index (κ2) is 6.64. The van der Waals surface area contributed by atoms with Crippen molar-refractivity contribution in [2.75, 3.05) is 25.0 Å². The van der Waals surface area contributed by atoms with Crippen LogP contribution >= 0.6 is 0 Å². The Kier molecular flexibility index (Phi) is 4.88. The van der Waals surface area contributed by atoms with Crippen molar-refractivity contribution < 1.29 is 4.74 Å². The summed E-state index contributed by atoms with van der Waals surface area (Å²) in [7, 11) is 2.10. The highest BCUT2D eigenvalue weighted by Gasteiger charge is 2.16. The normalized spacial score (nSPS) is 15.9. The number of anilines is 1. The van der Waals surface area contributed by atoms with Gasteiger partial charge in [0.1, 0.15) is 5.75 Å². The monoisotopic (exact) mass is 248 g/mol. The van der Waals surface area contributed by atoms with Gasteiger partial charge in [-0.25, -0.2) is 0 Å². The van der Waals surface area contributed by atoms with Gasteiger partial charge in [-0.2, -0.15) is 0 Å². The van der Waals surface area contributed by atoms with Crippen LogP contribution in [0.5, 0.6) is 5.75 Å². The number of benzene rings is 1. The number of nitrogens with two attached hydrogens (primary N) is 1. The van der Waals surface area contributed by atoms with Crippen molar-refractivity contribution in [1.29, 1.82) is 0 Å². The average Bonchev–Trinajstić information content (AvgIpc) is 2.89. The summed E-state index contributed by atoms with van der Waals surface area (Å²) in [6.45, 7) is 1.74. The lowest BCUT2D eigenvalue weighted by Gasteiger charge is -2.20. The lowest BCUT2D eigenvalue weighted by atomic mass is 10.2. The molecule has 0 aromatic heterocycles. The average molecular weight is 248 g/mol. The first-order chi connectivity index (χ1) is 8.79. The third kappa shape index (κ3) is 3.64. The minimum Gasteiger partial charge on any atom is -0.490 e. The van der Waals surface area contributed by atoms with E-state index >= 15 is 0 Å². The molecule has 3 heteroatoms. The van der Waals surface area contributed by atoms with Gasteiger partial charge in [0.05, 0.1) is 6.10 Å². The van der Waals surface area contributed by atoms with Crippen LogP contribution in [0.3, 0.4) is 0 Å². The quantitative estimate of drug-likeness (QED) is 0.841. The van der Waals surface area contributed by atoms with Gasteiger partial charge in [0, 0.05) is 19.3 Å². The van der Waals surface area contributed by atoms with Crippen LogP contribution in [0, 0.1) is 0 Å². The molecular formula is C15H24N2O. The third-order valence-electron chi connectivity index (χ3n) is 3.58. The molecule has 3 nitrogen and oxygen atoms in total. The fraction of sp³-hybridized carbons (Fsp3) is 0.600. The van der Waals surface area contributed by atoms with E-state index in [-0.39, 0.29) is 0 Å². The minimum absolute atomic E-state index is 0.436. The summed E-state index contributed by atoms with van der Waals surface area (Å²) in [5.41, 5.74) is 6.75. The molecule has 1 aromatic rings. The maximum Gasteiger partial charge on any atom is 0.119 e. The Morgan fingerprint density at radius 3 is 2.50 bits per heavy atom. The van der Waals surface area contributed by atoms with Crippen LogP contribution in [-0.4, -0.2) is 26.2 Å². The van der Waals surface area contributed by atoms with Crippen molar-refractivity contribution in [2.45, 2.75) is 38.2 Å². The summed E-state index contributed by atoms with van der Waals surface area (Å²) in [6, 6.07) is 8.40. The van der Waals surface area contributed by atoms with Crippen molar-refractivity contribution in [1.82, 2.24) is 0 Å². The second-order valence-corrected chi connectivity index (χ2v) is 5.08. The number of hydrogen-bond donors (Lipinski definition) is 1. The highest BCUT2D eigenvalue weighted by atomic mass is 16.5. The van der Waals surface area contributed by atoms with Crippen molar-refractivity contribution >= 4 is 5.69 Å². The maximum absolute atomic E-state index is 5.95. The zero-order chi connectivity index (χ0) is 12.8. The fourth-order valence-electron chi connectivity index (χ4n) is 2.44. The molecule has 0 saturated heterocycles. The maximum atomic E-state index is 5.95. The first-order valence-corrected chi connectivity index (χ1v) is 6.97. The van der Waals surface area contributed by atoms with Gasteiger partial charge in [0.25, 0.3) is 0 Å². The Labute approximate surface area is 110 Å². The van der Waals surface area contributed by atoms with Crippen LogP contribution in [-0.2, 0) is 0 Å². The molecule has 0 radical (unpaired) electrons. The highest BCUT2D eigenvalue weighted by molar-refractivity contribution is 5.48. The number of nitrogens with zero attached hydrogens (tertiary/aromatic N) is 1. The standard InChI is InChI=1S/C15H24N2O/c1-17(12-4-11-16)13-7-9-15(10-8-13)18-14-5-2-3-6-14/h7-10,14H,2-6,11-12,16H2,1H3. The Morgan fingerprint density at radius 1 is 1.22 bits per heavy atom. The molecule has 0 spiro atoms. The minimum atomic E-state index is 0.436. The molecule has 100 valence electrons. The second-order valence-electron chi connectivity index (χ2n) is 5.08. The fourth-order valence-corrected chi connectivity index (χ4v) is 2.44. The van der Waals surface area contributed by atoms with Gasteiger partial charge in [-0.3, -0.25) is 0 Å². The van der Waals surface area contributed by atoms with E-state index in [4.69, 9.17) is 10.5 Å². The van der Waals surface area contributed by atoms with Gasteiger partial charge < -0.3 is 15.4 Å². The first-order valence-electron chi connectivity index (χ1n) is 6.97. The number of ether oxygens (including phenoxy) is 1. The van der Waals surface area contributed by atoms with Crippen molar-refractivity contribution in [3.63, 3.8) is 0 Å². The van der Waals surface area contributed by atoms with Gasteiger partial charge in [0.15, 0.2) is 0 Å². The van der Waals surface area contributed by atoms with E-state index in [1.807, 2.05) is 0 Å². The molecule has 1 aromatic carbocycles. The van der Waals surface area contributed by atoms with Crippen molar-refractivity contribution in [3.05, 3.63) is 24.3 Å². The Bertz CT molecular complexity index is 344. The van der Waals surface area contributed by atoms with E-state index in [1.54, 1.807) is 0 Å². The predicted molar refractivity (Wildman–Crippen MR) is 76.3 cm³/mol. The Morgan fingerprint density at radius 2 is 1.89 bits per heavy atom. The molecule has 0 heterocycles.